The van der Waals surface area contributed by atoms with Gasteiger partial charge in [-0.05, 0) is 42.5 Å². The van der Waals surface area contributed by atoms with Gasteiger partial charge in [0.25, 0.3) is 0 Å². The summed E-state index contributed by atoms with van der Waals surface area (Å²) in [5.74, 6) is 0.202. The van der Waals surface area contributed by atoms with Gasteiger partial charge >= 0.3 is 0 Å². The number of nitrogens with two attached hydrogens (primary N) is 1. The summed E-state index contributed by atoms with van der Waals surface area (Å²) in [6.45, 7) is 0. The van der Waals surface area contributed by atoms with Gasteiger partial charge in [0.05, 0.1) is 0 Å². The van der Waals surface area contributed by atoms with Crippen LogP contribution in [0.4, 0.5) is 4.39 Å². The quantitative estimate of drug-likeness (QED) is 0.903. The van der Waals surface area contributed by atoms with Crippen molar-refractivity contribution in [2.45, 2.75) is 30.7 Å². The Hall–Kier alpha value is -1.38. The first-order valence-electron chi connectivity index (χ1n) is 6.76. The lowest BCUT2D eigenvalue weighted by Gasteiger charge is -2.11. The summed E-state index contributed by atoms with van der Waals surface area (Å²) in [7, 11) is 0. The lowest BCUT2D eigenvalue weighted by atomic mass is 9.99. The fourth-order valence-corrected chi connectivity index (χ4v) is 2.76. The van der Waals surface area contributed by atoms with Crippen LogP contribution in [0.5, 0.6) is 0 Å². The minimum absolute atomic E-state index is 0. The maximum absolute atomic E-state index is 12.9. The molecule has 1 fully saturated rings. The van der Waals surface area contributed by atoms with E-state index in [0.717, 1.165) is 24.8 Å². The maximum atomic E-state index is 12.9. The number of halogens is 2. The Bertz CT molecular complexity index is 555. The summed E-state index contributed by atoms with van der Waals surface area (Å²) >= 11 is 0. The van der Waals surface area contributed by atoms with Crippen LogP contribution in [0.3, 0.4) is 0 Å². The fraction of sp³-hybridized carbons (Fsp3) is 0.294. The molecule has 20 heavy (non-hydrogen) atoms. The number of rotatable bonds is 4. The predicted molar refractivity (Wildman–Crippen MR) is 82.7 cm³/mol. The molecule has 106 valence electrons. The first-order valence-corrected chi connectivity index (χ1v) is 6.76. The maximum Gasteiger partial charge on any atom is 0.123 e. The molecule has 1 aliphatic rings. The molecule has 1 saturated carbocycles. The SMILES string of the molecule is Cl.N[C@@]1(CCc2ccccc2)C[C@@H]1c1ccc(F)cc1. The van der Waals surface area contributed by atoms with Crippen molar-refractivity contribution in [1.29, 1.82) is 0 Å². The van der Waals surface area contributed by atoms with E-state index in [9.17, 15) is 4.39 Å². The van der Waals surface area contributed by atoms with E-state index < -0.39 is 0 Å². The molecule has 3 heteroatoms. The van der Waals surface area contributed by atoms with Gasteiger partial charge in [-0.15, -0.1) is 12.4 Å². The van der Waals surface area contributed by atoms with Crippen molar-refractivity contribution in [2.75, 3.05) is 0 Å². The highest BCUT2D eigenvalue weighted by Gasteiger charge is 2.50. The van der Waals surface area contributed by atoms with E-state index >= 15 is 0 Å². The monoisotopic (exact) mass is 291 g/mol. The number of aryl methyl sites for hydroxylation is 1. The van der Waals surface area contributed by atoms with Crippen LogP contribution in [-0.4, -0.2) is 5.54 Å². The fourth-order valence-electron chi connectivity index (χ4n) is 2.76. The van der Waals surface area contributed by atoms with Crippen molar-refractivity contribution >= 4 is 12.4 Å². The van der Waals surface area contributed by atoms with Crippen LogP contribution in [-0.2, 0) is 6.42 Å². The summed E-state index contributed by atoms with van der Waals surface area (Å²) in [6.07, 6.45) is 3.00. The summed E-state index contributed by atoms with van der Waals surface area (Å²) in [4.78, 5) is 0. The molecule has 0 aromatic heterocycles. The van der Waals surface area contributed by atoms with Gasteiger partial charge in [0.1, 0.15) is 5.82 Å². The molecule has 1 nitrogen and oxygen atoms in total. The Morgan fingerprint density at radius 3 is 2.35 bits per heavy atom. The molecule has 3 rings (SSSR count). The van der Waals surface area contributed by atoms with Crippen LogP contribution in [0, 0.1) is 5.82 Å². The van der Waals surface area contributed by atoms with Crippen molar-refractivity contribution in [3.05, 3.63) is 71.5 Å². The van der Waals surface area contributed by atoms with Crippen LogP contribution in [0.15, 0.2) is 54.6 Å². The second kappa shape index (κ2) is 5.94. The summed E-state index contributed by atoms with van der Waals surface area (Å²) in [6, 6.07) is 17.2. The average Bonchev–Trinajstić information content (AvgIpc) is 3.11. The van der Waals surface area contributed by atoms with E-state index in [1.54, 1.807) is 0 Å². The molecule has 0 spiro atoms. The van der Waals surface area contributed by atoms with Gasteiger partial charge in [0, 0.05) is 11.5 Å². The molecule has 0 amide bonds. The highest BCUT2D eigenvalue weighted by molar-refractivity contribution is 5.85. The van der Waals surface area contributed by atoms with Crippen LogP contribution in [0.2, 0.25) is 0 Å². The molecule has 2 N–H and O–H groups in total. The topological polar surface area (TPSA) is 26.0 Å². The minimum atomic E-state index is -0.184. The van der Waals surface area contributed by atoms with Crippen molar-refractivity contribution in [3.63, 3.8) is 0 Å². The number of hydrogen-bond acceptors (Lipinski definition) is 1. The van der Waals surface area contributed by atoms with E-state index in [1.807, 2.05) is 18.2 Å². The first kappa shape index (κ1) is 15.0. The number of benzene rings is 2. The van der Waals surface area contributed by atoms with E-state index in [1.165, 1.54) is 17.7 Å². The average molecular weight is 292 g/mol. The normalized spacial score (nSPS) is 24.0. The summed E-state index contributed by atoms with van der Waals surface area (Å²) in [5.41, 5.74) is 8.81. The largest absolute Gasteiger partial charge is 0.325 e. The zero-order valence-electron chi connectivity index (χ0n) is 11.3. The third-order valence-corrected chi connectivity index (χ3v) is 4.11. The molecule has 1 aliphatic carbocycles. The third-order valence-electron chi connectivity index (χ3n) is 4.11. The zero-order valence-corrected chi connectivity index (χ0v) is 12.1. The van der Waals surface area contributed by atoms with Gasteiger partial charge in [-0.3, -0.25) is 0 Å². The Balaban J connectivity index is 0.00000147. The summed E-state index contributed by atoms with van der Waals surface area (Å²) < 4.78 is 12.9. The Kier molecular flexibility index (Phi) is 4.46. The van der Waals surface area contributed by atoms with Crippen molar-refractivity contribution in [2.24, 2.45) is 5.73 Å². The van der Waals surface area contributed by atoms with E-state index in [2.05, 4.69) is 24.3 Å². The summed E-state index contributed by atoms with van der Waals surface area (Å²) in [5, 5.41) is 0. The molecule has 0 bridgehead atoms. The highest BCUT2D eigenvalue weighted by Crippen LogP contribution is 2.52. The van der Waals surface area contributed by atoms with Crippen LogP contribution in [0.25, 0.3) is 0 Å². The van der Waals surface area contributed by atoms with Gasteiger partial charge < -0.3 is 5.73 Å². The van der Waals surface area contributed by atoms with Crippen LogP contribution in [0.1, 0.15) is 29.9 Å². The van der Waals surface area contributed by atoms with E-state index in [0.29, 0.717) is 5.92 Å². The molecule has 2 aromatic carbocycles. The minimum Gasteiger partial charge on any atom is -0.325 e. The second-order valence-electron chi connectivity index (χ2n) is 5.53. The molecule has 2 aromatic rings. The number of hydrogen-bond donors (Lipinski definition) is 1. The van der Waals surface area contributed by atoms with Gasteiger partial charge in [-0.1, -0.05) is 42.5 Å². The predicted octanol–water partition coefficient (Wildman–Crippen LogP) is 4.07. The molecule has 0 saturated heterocycles. The molecule has 0 unspecified atom stereocenters. The van der Waals surface area contributed by atoms with Gasteiger partial charge in [0.15, 0.2) is 0 Å². The van der Waals surface area contributed by atoms with Gasteiger partial charge in [-0.2, -0.15) is 0 Å². The zero-order chi connectivity index (χ0) is 13.3. The molecular weight excluding hydrogens is 273 g/mol. The smallest absolute Gasteiger partial charge is 0.123 e. The van der Waals surface area contributed by atoms with Gasteiger partial charge in [0.2, 0.25) is 0 Å². The Morgan fingerprint density at radius 2 is 1.70 bits per heavy atom. The van der Waals surface area contributed by atoms with E-state index in [4.69, 9.17) is 5.73 Å². The lowest BCUT2D eigenvalue weighted by molar-refractivity contribution is 0.587. The van der Waals surface area contributed by atoms with Crippen molar-refractivity contribution < 1.29 is 4.39 Å². The van der Waals surface area contributed by atoms with Crippen molar-refractivity contribution in [1.82, 2.24) is 0 Å². The van der Waals surface area contributed by atoms with Crippen LogP contribution >= 0.6 is 12.4 Å². The van der Waals surface area contributed by atoms with Gasteiger partial charge in [-0.25, -0.2) is 4.39 Å². The second-order valence-corrected chi connectivity index (χ2v) is 5.53. The van der Waals surface area contributed by atoms with Crippen LogP contribution < -0.4 is 5.73 Å². The Morgan fingerprint density at radius 1 is 1.05 bits per heavy atom. The Labute approximate surface area is 125 Å². The van der Waals surface area contributed by atoms with Crippen molar-refractivity contribution in [3.8, 4) is 0 Å². The molecule has 2 atom stereocenters. The first-order chi connectivity index (χ1) is 9.17. The highest BCUT2D eigenvalue weighted by atomic mass is 35.5. The molecular formula is C17H19ClFN. The standard InChI is InChI=1S/C17H18FN.ClH/c18-15-8-6-14(7-9-15)16-12-17(16,19)11-10-13-4-2-1-3-5-13;/h1-9,16H,10-12,19H2;1H/t16-,17+;/m1./s1. The molecule has 0 aliphatic heterocycles. The molecule has 0 radical (unpaired) electrons. The molecule has 0 heterocycles. The lowest BCUT2D eigenvalue weighted by Crippen LogP contribution is -2.25. The van der Waals surface area contributed by atoms with E-state index in [-0.39, 0.29) is 23.8 Å². The third kappa shape index (κ3) is 3.20.